The fourth-order valence-corrected chi connectivity index (χ4v) is 5.03. The van der Waals surface area contributed by atoms with Crippen molar-refractivity contribution < 1.29 is 14.3 Å². The highest BCUT2D eigenvalue weighted by atomic mass is 127. The highest BCUT2D eigenvalue weighted by Gasteiger charge is 2.29. The van der Waals surface area contributed by atoms with E-state index in [0.717, 1.165) is 31.3 Å². The molecule has 0 radical (unpaired) electrons. The Morgan fingerprint density at radius 3 is 2.29 bits per heavy atom. The summed E-state index contributed by atoms with van der Waals surface area (Å²) in [5.74, 6) is 0.572. The second-order valence-electron chi connectivity index (χ2n) is 8.01. The molecule has 4 rings (SSSR count). The van der Waals surface area contributed by atoms with Crippen LogP contribution < -0.4 is 9.64 Å². The van der Waals surface area contributed by atoms with Crippen molar-refractivity contribution in [3.63, 3.8) is 0 Å². The summed E-state index contributed by atoms with van der Waals surface area (Å²) < 4.78 is 8.27. The van der Waals surface area contributed by atoms with Gasteiger partial charge in [0.1, 0.15) is 5.75 Å². The van der Waals surface area contributed by atoms with Crippen molar-refractivity contribution in [1.82, 2.24) is 4.57 Å². The second-order valence-corrected chi connectivity index (χ2v) is 9.18. The predicted molar refractivity (Wildman–Crippen MR) is 146 cm³/mol. The summed E-state index contributed by atoms with van der Waals surface area (Å²) in [6.45, 7) is 6.24. The number of carbonyl (C=O) groups excluding carboxylic acids is 2. The van der Waals surface area contributed by atoms with E-state index in [-0.39, 0.29) is 11.8 Å². The fraction of sp³-hybridized carbons (Fsp3) is 0.214. The molecule has 0 atom stereocenters. The van der Waals surface area contributed by atoms with Crippen LogP contribution in [0.5, 0.6) is 5.75 Å². The van der Waals surface area contributed by atoms with Crippen LogP contribution in [0.4, 0.5) is 5.69 Å². The van der Waals surface area contributed by atoms with E-state index in [0.29, 0.717) is 30.0 Å². The third-order valence-corrected chi connectivity index (χ3v) is 6.87. The minimum atomic E-state index is -0.130. The highest BCUT2D eigenvalue weighted by Crippen LogP contribution is 2.44. The monoisotopic (exact) mass is 566 g/mol. The molecule has 5 nitrogen and oxygen atoms in total. The summed E-state index contributed by atoms with van der Waals surface area (Å²) in [4.78, 5) is 29.0. The van der Waals surface area contributed by atoms with Crippen LogP contribution >= 0.6 is 22.6 Å². The first-order chi connectivity index (χ1) is 16.4. The number of rotatable bonds is 6. The first-order valence-electron chi connectivity index (χ1n) is 11.3. The molecule has 0 spiro atoms. The van der Waals surface area contributed by atoms with Gasteiger partial charge in [-0.3, -0.25) is 14.2 Å². The number of amides is 1. The molecule has 34 heavy (non-hydrogen) atoms. The maximum atomic E-state index is 14.1. The van der Waals surface area contributed by atoms with Crippen LogP contribution in [0.2, 0.25) is 0 Å². The topological polar surface area (TPSA) is 51.5 Å². The molecule has 0 N–H and O–H groups in total. The minimum absolute atomic E-state index is 0.000381. The summed E-state index contributed by atoms with van der Waals surface area (Å²) in [6, 6.07) is 21.3. The van der Waals surface area contributed by atoms with E-state index in [1.54, 1.807) is 16.6 Å². The first kappa shape index (κ1) is 24.0. The van der Waals surface area contributed by atoms with Crippen LogP contribution in [0.15, 0.2) is 66.7 Å². The zero-order valence-corrected chi connectivity index (χ0v) is 21.9. The molecule has 4 aromatic rings. The Morgan fingerprint density at radius 1 is 1.00 bits per heavy atom. The van der Waals surface area contributed by atoms with Crippen LogP contribution in [0.3, 0.4) is 0 Å². The van der Waals surface area contributed by atoms with Crippen molar-refractivity contribution in [2.24, 2.45) is 0 Å². The van der Waals surface area contributed by atoms with E-state index in [9.17, 15) is 9.59 Å². The maximum absolute atomic E-state index is 14.1. The van der Waals surface area contributed by atoms with Gasteiger partial charge in [-0.15, -0.1) is 0 Å². The van der Waals surface area contributed by atoms with Gasteiger partial charge in [-0.1, -0.05) is 55.5 Å². The quantitative estimate of drug-likeness (QED) is 0.245. The summed E-state index contributed by atoms with van der Waals surface area (Å²) in [5, 5.41) is 0.807. The van der Waals surface area contributed by atoms with Crippen LogP contribution in [0.1, 0.15) is 36.2 Å². The number of nitrogens with zero attached hydrogens (tertiary/aromatic N) is 2. The standard InChI is InChI=1S/C28H27IN2O3/c1-5-25(32)30(6-2)27-21-16-24(34-4)22(29)17-23(21)31(26(27)19-13-8-7-9-14-19)28(33)20-15-11-10-12-18(20)3/h7-17H,5-6H2,1-4H3. The Morgan fingerprint density at radius 2 is 1.68 bits per heavy atom. The Balaban J connectivity index is 2.19. The molecule has 0 saturated heterocycles. The number of hydrogen-bond donors (Lipinski definition) is 0. The molecular formula is C28H27IN2O3. The number of methoxy groups -OCH3 is 1. The minimum Gasteiger partial charge on any atom is -0.496 e. The van der Waals surface area contributed by atoms with Crippen LogP contribution in [-0.4, -0.2) is 30.0 Å². The third kappa shape index (κ3) is 4.11. The number of benzene rings is 3. The average molecular weight is 566 g/mol. The first-order valence-corrected chi connectivity index (χ1v) is 12.4. The van der Waals surface area contributed by atoms with Crippen molar-refractivity contribution >= 4 is 51.0 Å². The molecule has 1 aromatic heterocycles. The molecule has 0 saturated carbocycles. The van der Waals surface area contributed by atoms with E-state index >= 15 is 0 Å². The van der Waals surface area contributed by atoms with Crippen LogP contribution in [-0.2, 0) is 4.79 Å². The molecular weight excluding hydrogens is 539 g/mol. The van der Waals surface area contributed by atoms with Gasteiger partial charge in [-0.05, 0) is 60.2 Å². The normalized spacial score (nSPS) is 11.0. The van der Waals surface area contributed by atoms with Gasteiger partial charge in [-0.25, -0.2) is 0 Å². The lowest BCUT2D eigenvalue weighted by atomic mass is 10.1. The number of hydrogen-bond acceptors (Lipinski definition) is 3. The van der Waals surface area contributed by atoms with Gasteiger partial charge < -0.3 is 9.64 Å². The van der Waals surface area contributed by atoms with E-state index in [4.69, 9.17) is 4.74 Å². The zero-order chi connectivity index (χ0) is 24.4. The lowest BCUT2D eigenvalue weighted by Crippen LogP contribution is -2.30. The Bertz CT molecular complexity index is 1380. The van der Waals surface area contributed by atoms with Gasteiger partial charge in [0, 0.05) is 29.5 Å². The smallest absolute Gasteiger partial charge is 0.263 e. The van der Waals surface area contributed by atoms with Gasteiger partial charge in [-0.2, -0.15) is 0 Å². The largest absolute Gasteiger partial charge is 0.496 e. The van der Waals surface area contributed by atoms with Gasteiger partial charge in [0.2, 0.25) is 5.91 Å². The number of anilines is 1. The molecule has 0 aliphatic heterocycles. The fourth-order valence-electron chi connectivity index (χ4n) is 4.36. The maximum Gasteiger partial charge on any atom is 0.263 e. The number of halogens is 1. The summed E-state index contributed by atoms with van der Waals surface area (Å²) in [6.07, 6.45) is 0.363. The van der Waals surface area contributed by atoms with Crippen molar-refractivity contribution in [2.45, 2.75) is 27.2 Å². The molecule has 0 aliphatic carbocycles. The van der Waals surface area contributed by atoms with Crippen molar-refractivity contribution in [3.05, 3.63) is 81.4 Å². The Labute approximate surface area is 213 Å². The van der Waals surface area contributed by atoms with Gasteiger partial charge in [0.05, 0.1) is 27.6 Å². The molecule has 6 heteroatoms. The molecule has 0 aliphatic rings. The summed E-state index contributed by atoms with van der Waals surface area (Å²) >= 11 is 2.22. The lowest BCUT2D eigenvalue weighted by molar-refractivity contribution is -0.118. The molecule has 0 unspecified atom stereocenters. The lowest BCUT2D eigenvalue weighted by Gasteiger charge is -2.22. The van der Waals surface area contributed by atoms with Gasteiger partial charge in [0.15, 0.2) is 0 Å². The van der Waals surface area contributed by atoms with E-state index in [1.165, 1.54) is 0 Å². The van der Waals surface area contributed by atoms with Crippen molar-refractivity contribution in [3.8, 4) is 17.0 Å². The van der Waals surface area contributed by atoms with E-state index < -0.39 is 0 Å². The SMILES string of the molecule is CCC(=O)N(CC)c1c(-c2ccccc2)n(C(=O)c2ccccc2C)c2cc(I)c(OC)cc12. The summed E-state index contributed by atoms with van der Waals surface area (Å²) in [7, 11) is 1.63. The van der Waals surface area contributed by atoms with E-state index in [1.807, 2.05) is 87.5 Å². The van der Waals surface area contributed by atoms with Crippen LogP contribution in [0.25, 0.3) is 22.2 Å². The number of carbonyl (C=O) groups is 2. The average Bonchev–Trinajstić information content (AvgIpc) is 3.17. The summed E-state index contributed by atoms with van der Waals surface area (Å²) in [5.41, 5.74) is 4.57. The molecule has 0 bridgehead atoms. The number of ether oxygens (including phenoxy) is 1. The molecule has 1 heterocycles. The van der Waals surface area contributed by atoms with Crippen molar-refractivity contribution in [1.29, 1.82) is 0 Å². The molecule has 1 amide bonds. The zero-order valence-electron chi connectivity index (χ0n) is 19.8. The van der Waals surface area contributed by atoms with Crippen LogP contribution in [0, 0.1) is 10.5 Å². The third-order valence-electron chi connectivity index (χ3n) is 6.03. The number of fused-ring (bicyclic) bond motifs is 1. The van der Waals surface area contributed by atoms with E-state index in [2.05, 4.69) is 22.6 Å². The van der Waals surface area contributed by atoms with Gasteiger partial charge in [0.25, 0.3) is 5.91 Å². The molecule has 0 fully saturated rings. The molecule has 3 aromatic carbocycles. The number of aromatic nitrogens is 1. The Hall–Kier alpha value is -3.13. The molecule has 174 valence electrons. The van der Waals surface area contributed by atoms with Crippen molar-refractivity contribution in [2.75, 3.05) is 18.6 Å². The predicted octanol–water partition coefficient (Wildman–Crippen LogP) is 6.68. The number of aryl methyl sites for hydroxylation is 1. The second kappa shape index (κ2) is 10.0. The Kier molecular flexibility index (Phi) is 7.07. The van der Waals surface area contributed by atoms with Gasteiger partial charge >= 0.3 is 0 Å². The highest BCUT2D eigenvalue weighted by molar-refractivity contribution is 14.1.